The maximum Gasteiger partial charge on any atom is 0.346 e. The van der Waals surface area contributed by atoms with E-state index in [1.807, 2.05) is 36.6 Å². The standard InChI is InChI=1S/C12H14N2OS2/c1-16-8-7-11(14-13)12(15)17-9-10-5-3-2-4-6-10/h2-6H,7-9H2,1H3. The molecular formula is C12H14N2OS2. The number of carbonyl (C=O) groups excluding carboxylic acids is 1. The predicted molar refractivity (Wildman–Crippen MR) is 74.4 cm³/mol. The molecule has 17 heavy (non-hydrogen) atoms. The van der Waals surface area contributed by atoms with Crippen molar-refractivity contribution in [2.24, 2.45) is 0 Å². The molecule has 0 aliphatic carbocycles. The third kappa shape index (κ3) is 5.22. The van der Waals surface area contributed by atoms with Crippen LogP contribution in [0.3, 0.4) is 0 Å². The lowest BCUT2D eigenvalue weighted by molar-refractivity contribution is -0.110. The minimum atomic E-state index is -0.148. The lowest BCUT2D eigenvalue weighted by atomic mass is 10.2. The Bertz CT molecular complexity index is 414. The molecule has 0 N–H and O–H groups in total. The molecule has 1 rings (SSSR count). The first-order valence-electron chi connectivity index (χ1n) is 5.19. The van der Waals surface area contributed by atoms with Crippen LogP contribution in [-0.4, -0.2) is 27.6 Å². The summed E-state index contributed by atoms with van der Waals surface area (Å²) in [5.74, 6) is 1.40. The molecule has 0 aromatic heterocycles. The van der Waals surface area contributed by atoms with Gasteiger partial charge in [-0.25, -0.2) is 0 Å². The molecule has 0 saturated carbocycles. The largest absolute Gasteiger partial charge is 0.361 e. The number of hydrogen-bond donors (Lipinski definition) is 0. The molecule has 1 aromatic rings. The Kier molecular flexibility index (Phi) is 6.70. The van der Waals surface area contributed by atoms with E-state index in [1.54, 1.807) is 11.8 Å². The van der Waals surface area contributed by atoms with Crippen molar-refractivity contribution in [1.82, 2.24) is 0 Å². The van der Waals surface area contributed by atoms with Crippen LogP contribution in [0.1, 0.15) is 12.0 Å². The van der Waals surface area contributed by atoms with Crippen molar-refractivity contribution >= 4 is 34.4 Å². The van der Waals surface area contributed by atoms with E-state index in [-0.39, 0.29) is 10.8 Å². The SMILES string of the molecule is CSCCC(=[N+]=[N-])C(=O)SCc1ccccc1. The molecule has 0 unspecified atom stereocenters. The Labute approximate surface area is 110 Å². The van der Waals surface area contributed by atoms with Crippen molar-refractivity contribution in [2.75, 3.05) is 12.0 Å². The third-order valence-electron chi connectivity index (χ3n) is 2.11. The molecule has 0 fully saturated rings. The van der Waals surface area contributed by atoms with Crippen LogP contribution >= 0.6 is 23.5 Å². The molecule has 0 bridgehead atoms. The Morgan fingerprint density at radius 1 is 1.35 bits per heavy atom. The van der Waals surface area contributed by atoms with E-state index in [1.165, 1.54) is 11.8 Å². The summed E-state index contributed by atoms with van der Waals surface area (Å²) in [5.41, 5.74) is 10.1. The maximum atomic E-state index is 11.7. The zero-order valence-corrected chi connectivity index (χ0v) is 11.3. The summed E-state index contributed by atoms with van der Waals surface area (Å²) in [6.07, 6.45) is 2.47. The highest BCUT2D eigenvalue weighted by molar-refractivity contribution is 8.14. The Hall–Kier alpha value is -1.03. The number of rotatable bonds is 6. The zero-order valence-electron chi connectivity index (χ0n) is 9.63. The van der Waals surface area contributed by atoms with E-state index in [9.17, 15) is 4.79 Å². The van der Waals surface area contributed by atoms with Gasteiger partial charge in [-0.15, -0.1) is 0 Å². The van der Waals surface area contributed by atoms with Crippen LogP contribution in [0.2, 0.25) is 0 Å². The predicted octanol–water partition coefficient (Wildman–Crippen LogP) is 2.87. The number of nitrogens with zero attached hydrogens (tertiary/aromatic N) is 2. The average Bonchev–Trinajstić information content (AvgIpc) is 2.38. The van der Waals surface area contributed by atoms with Crippen molar-refractivity contribution in [1.29, 1.82) is 0 Å². The van der Waals surface area contributed by atoms with Crippen molar-refractivity contribution in [3.05, 3.63) is 41.4 Å². The van der Waals surface area contributed by atoms with E-state index in [4.69, 9.17) is 5.53 Å². The van der Waals surface area contributed by atoms with Gasteiger partial charge in [0.25, 0.3) is 5.12 Å². The van der Waals surface area contributed by atoms with E-state index in [2.05, 4.69) is 4.79 Å². The third-order valence-corrected chi connectivity index (χ3v) is 3.70. The molecular weight excluding hydrogens is 252 g/mol. The van der Waals surface area contributed by atoms with Gasteiger partial charge in [0, 0.05) is 11.5 Å². The second-order valence-electron chi connectivity index (χ2n) is 3.35. The van der Waals surface area contributed by atoms with Gasteiger partial charge in [0.05, 0.1) is 6.42 Å². The first kappa shape index (κ1) is 14.0. The van der Waals surface area contributed by atoms with Gasteiger partial charge in [0.15, 0.2) is 0 Å². The van der Waals surface area contributed by atoms with E-state index in [0.717, 1.165) is 11.3 Å². The van der Waals surface area contributed by atoms with Gasteiger partial charge in [-0.3, -0.25) is 4.79 Å². The summed E-state index contributed by atoms with van der Waals surface area (Å²) in [5, 5.41) is -0.148. The Morgan fingerprint density at radius 3 is 2.65 bits per heavy atom. The second kappa shape index (κ2) is 8.12. The molecule has 0 atom stereocenters. The minimum absolute atomic E-state index is 0.148. The fourth-order valence-corrected chi connectivity index (χ4v) is 2.40. The molecule has 0 amide bonds. The van der Waals surface area contributed by atoms with Crippen LogP contribution in [0.15, 0.2) is 30.3 Å². The van der Waals surface area contributed by atoms with E-state index >= 15 is 0 Å². The molecule has 90 valence electrons. The second-order valence-corrected chi connectivity index (χ2v) is 5.28. The van der Waals surface area contributed by atoms with Gasteiger partial charge in [-0.2, -0.15) is 16.6 Å². The first-order valence-corrected chi connectivity index (χ1v) is 7.56. The van der Waals surface area contributed by atoms with E-state index < -0.39 is 0 Å². The summed E-state index contributed by atoms with van der Waals surface area (Å²) in [6.45, 7) is 0. The average molecular weight is 266 g/mol. The van der Waals surface area contributed by atoms with Crippen LogP contribution in [0, 0.1) is 0 Å². The van der Waals surface area contributed by atoms with Crippen LogP contribution in [0.5, 0.6) is 0 Å². The van der Waals surface area contributed by atoms with Crippen molar-refractivity contribution in [2.45, 2.75) is 12.2 Å². The molecule has 0 aliphatic rings. The van der Waals surface area contributed by atoms with Gasteiger partial charge in [-0.05, 0) is 11.8 Å². The maximum absolute atomic E-state index is 11.7. The smallest absolute Gasteiger partial charge is 0.346 e. The van der Waals surface area contributed by atoms with Crippen LogP contribution in [0.25, 0.3) is 5.53 Å². The van der Waals surface area contributed by atoms with Gasteiger partial charge in [0.1, 0.15) is 0 Å². The first-order chi connectivity index (χ1) is 8.27. The highest BCUT2D eigenvalue weighted by Crippen LogP contribution is 2.14. The summed E-state index contributed by atoms with van der Waals surface area (Å²) >= 11 is 2.80. The highest BCUT2D eigenvalue weighted by Gasteiger charge is 2.19. The monoisotopic (exact) mass is 266 g/mol. The van der Waals surface area contributed by atoms with E-state index in [0.29, 0.717) is 12.2 Å². The van der Waals surface area contributed by atoms with Crippen LogP contribution in [-0.2, 0) is 10.5 Å². The van der Waals surface area contributed by atoms with Crippen molar-refractivity contribution in [3.8, 4) is 0 Å². The molecule has 0 radical (unpaired) electrons. The number of thioether (sulfide) groups is 2. The normalized spacial score (nSPS) is 9.71. The van der Waals surface area contributed by atoms with Gasteiger partial charge >= 0.3 is 5.71 Å². The topological polar surface area (TPSA) is 53.5 Å². The summed E-state index contributed by atoms with van der Waals surface area (Å²) in [6, 6.07) is 9.76. The minimum Gasteiger partial charge on any atom is -0.361 e. The molecule has 0 aliphatic heterocycles. The Balaban J connectivity index is 2.46. The van der Waals surface area contributed by atoms with Crippen molar-refractivity contribution < 1.29 is 9.58 Å². The molecule has 0 saturated heterocycles. The Morgan fingerprint density at radius 2 is 2.06 bits per heavy atom. The van der Waals surface area contributed by atoms with Gasteiger partial charge in [-0.1, -0.05) is 42.1 Å². The molecule has 0 spiro atoms. The van der Waals surface area contributed by atoms with Gasteiger partial charge < -0.3 is 5.53 Å². The molecule has 0 heterocycles. The summed E-state index contributed by atoms with van der Waals surface area (Å²) in [7, 11) is 0. The number of hydrogen-bond acceptors (Lipinski definition) is 3. The summed E-state index contributed by atoms with van der Waals surface area (Å²) < 4.78 is 0. The van der Waals surface area contributed by atoms with Crippen molar-refractivity contribution in [3.63, 3.8) is 0 Å². The lowest BCUT2D eigenvalue weighted by Crippen LogP contribution is -2.12. The molecule has 5 heteroatoms. The zero-order chi connectivity index (χ0) is 12.5. The van der Waals surface area contributed by atoms with Crippen LogP contribution < -0.4 is 0 Å². The van der Waals surface area contributed by atoms with Gasteiger partial charge in [0.2, 0.25) is 0 Å². The molecule has 1 aromatic carbocycles. The number of carbonyl (C=O) groups is 1. The quantitative estimate of drug-likeness (QED) is 0.452. The fraction of sp³-hybridized carbons (Fsp3) is 0.333. The summed E-state index contributed by atoms with van der Waals surface area (Å²) in [4.78, 5) is 14.8. The fourth-order valence-electron chi connectivity index (χ4n) is 1.20. The highest BCUT2D eigenvalue weighted by atomic mass is 32.2. The molecule has 3 nitrogen and oxygen atoms in total. The van der Waals surface area contributed by atoms with Crippen LogP contribution in [0.4, 0.5) is 0 Å². The number of benzene rings is 1. The lowest BCUT2D eigenvalue weighted by Gasteiger charge is -1.98.